The van der Waals surface area contributed by atoms with Crippen molar-refractivity contribution in [3.05, 3.63) is 53.6 Å². The van der Waals surface area contributed by atoms with Crippen molar-refractivity contribution in [3.8, 4) is 11.5 Å². The average molecular weight is 444 g/mol. The van der Waals surface area contributed by atoms with Crippen LogP contribution in [0.2, 0.25) is 0 Å². The smallest absolute Gasteiger partial charge is 0.252 e. The summed E-state index contributed by atoms with van der Waals surface area (Å²) in [5.41, 5.74) is 1.66. The van der Waals surface area contributed by atoms with Crippen molar-refractivity contribution in [2.45, 2.75) is 50.7 Å². The molecule has 0 saturated carbocycles. The minimum Gasteiger partial charge on any atom is -0.493 e. The number of ether oxygens (including phenoxy) is 3. The van der Waals surface area contributed by atoms with E-state index in [1.165, 1.54) is 0 Å². The van der Waals surface area contributed by atoms with E-state index in [1.54, 1.807) is 18.9 Å². The average Bonchev–Trinajstić information content (AvgIpc) is 3.29. The molecule has 2 aromatic rings. The Morgan fingerprint density at radius 2 is 2.00 bits per heavy atom. The molecular formula is C25H33NO4S. The Hall–Kier alpha value is -2.18. The Morgan fingerprint density at radius 3 is 2.71 bits per heavy atom. The molecule has 2 aromatic carbocycles. The first-order valence-corrected chi connectivity index (χ1v) is 11.9. The SMILES string of the molecule is COc1cc(C(C)NC(=O)c2ccccc2SCC2CCCO2)ccc1OCC(C)C. The molecule has 0 spiro atoms. The summed E-state index contributed by atoms with van der Waals surface area (Å²) in [6, 6.07) is 13.4. The van der Waals surface area contributed by atoms with Gasteiger partial charge in [0, 0.05) is 17.3 Å². The maximum atomic E-state index is 13.0. The van der Waals surface area contributed by atoms with Gasteiger partial charge in [-0.05, 0) is 55.5 Å². The van der Waals surface area contributed by atoms with Crippen LogP contribution in [0.25, 0.3) is 0 Å². The molecule has 1 amide bonds. The highest BCUT2D eigenvalue weighted by Gasteiger charge is 2.19. The predicted molar refractivity (Wildman–Crippen MR) is 125 cm³/mol. The lowest BCUT2D eigenvalue weighted by Crippen LogP contribution is -2.27. The summed E-state index contributed by atoms with van der Waals surface area (Å²) in [7, 11) is 1.63. The number of hydrogen-bond acceptors (Lipinski definition) is 5. The zero-order chi connectivity index (χ0) is 22.2. The van der Waals surface area contributed by atoms with Crippen LogP contribution in [0.15, 0.2) is 47.4 Å². The highest BCUT2D eigenvalue weighted by atomic mass is 32.2. The molecule has 6 heteroatoms. The Bertz CT molecular complexity index is 864. The highest BCUT2D eigenvalue weighted by molar-refractivity contribution is 7.99. The molecular weight excluding hydrogens is 410 g/mol. The highest BCUT2D eigenvalue weighted by Crippen LogP contribution is 2.31. The molecule has 0 bridgehead atoms. The zero-order valence-corrected chi connectivity index (χ0v) is 19.7. The van der Waals surface area contributed by atoms with Crippen LogP contribution in [0.1, 0.15) is 55.6 Å². The molecule has 1 saturated heterocycles. The third kappa shape index (κ3) is 6.65. The van der Waals surface area contributed by atoms with E-state index in [-0.39, 0.29) is 18.1 Å². The van der Waals surface area contributed by atoms with Crippen molar-refractivity contribution in [1.82, 2.24) is 5.32 Å². The summed E-state index contributed by atoms with van der Waals surface area (Å²) in [4.78, 5) is 14.0. The van der Waals surface area contributed by atoms with Gasteiger partial charge in [0.25, 0.3) is 5.91 Å². The molecule has 1 heterocycles. The number of amides is 1. The normalized spacial score (nSPS) is 16.9. The molecule has 0 aliphatic carbocycles. The maximum absolute atomic E-state index is 13.0. The third-order valence-electron chi connectivity index (χ3n) is 5.19. The van der Waals surface area contributed by atoms with Crippen molar-refractivity contribution in [2.24, 2.45) is 5.92 Å². The van der Waals surface area contributed by atoms with E-state index >= 15 is 0 Å². The molecule has 0 aromatic heterocycles. The number of benzene rings is 2. The molecule has 5 nitrogen and oxygen atoms in total. The number of nitrogens with one attached hydrogen (secondary N) is 1. The predicted octanol–water partition coefficient (Wildman–Crippen LogP) is 5.49. The number of carbonyl (C=O) groups is 1. The molecule has 3 rings (SSSR count). The summed E-state index contributed by atoms with van der Waals surface area (Å²) in [6.07, 6.45) is 2.50. The fourth-order valence-electron chi connectivity index (χ4n) is 3.43. The summed E-state index contributed by atoms with van der Waals surface area (Å²) < 4.78 is 17.1. The van der Waals surface area contributed by atoms with Gasteiger partial charge in [-0.1, -0.05) is 32.0 Å². The van der Waals surface area contributed by atoms with Crippen LogP contribution >= 0.6 is 11.8 Å². The Kier molecular flexibility index (Phi) is 8.67. The van der Waals surface area contributed by atoms with Gasteiger partial charge < -0.3 is 19.5 Å². The fourth-order valence-corrected chi connectivity index (χ4v) is 4.54. The summed E-state index contributed by atoms with van der Waals surface area (Å²) >= 11 is 1.69. The Balaban J connectivity index is 1.66. The standard InChI is InChI=1S/C25H33NO4S/c1-17(2)15-30-22-12-11-19(14-23(22)28-4)18(3)26-25(27)21-9-5-6-10-24(21)31-16-20-8-7-13-29-20/h5-6,9-12,14,17-18,20H,7-8,13,15-16H2,1-4H3,(H,26,27). The first-order chi connectivity index (χ1) is 15.0. The molecule has 1 N–H and O–H groups in total. The summed E-state index contributed by atoms with van der Waals surface area (Å²) in [5.74, 6) is 2.61. The first kappa shape index (κ1) is 23.5. The lowest BCUT2D eigenvalue weighted by atomic mass is 10.1. The molecule has 0 radical (unpaired) electrons. The monoisotopic (exact) mass is 443 g/mol. The number of methoxy groups -OCH3 is 1. The van der Waals surface area contributed by atoms with Crippen molar-refractivity contribution < 1.29 is 19.0 Å². The van der Waals surface area contributed by atoms with Crippen LogP contribution in [0.4, 0.5) is 0 Å². The van der Waals surface area contributed by atoms with Crippen molar-refractivity contribution in [2.75, 3.05) is 26.1 Å². The van der Waals surface area contributed by atoms with E-state index in [0.29, 0.717) is 29.6 Å². The molecule has 1 aliphatic rings. The maximum Gasteiger partial charge on any atom is 0.252 e. The van der Waals surface area contributed by atoms with Crippen molar-refractivity contribution >= 4 is 17.7 Å². The van der Waals surface area contributed by atoms with Crippen molar-refractivity contribution in [3.63, 3.8) is 0 Å². The van der Waals surface area contributed by atoms with Gasteiger partial charge >= 0.3 is 0 Å². The van der Waals surface area contributed by atoms with E-state index in [0.717, 1.165) is 35.7 Å². The second kappa shape index (κ2) is 11.4. The number of thioether (sulfide) groups is 1. The van der Waals surface area contributed by atoms with Crippen LogP contribution in [-0.4, -0.2) is 38.1 Å². The Morgan fingerprint density at radius 1 is 1.19 bits per heavy atom. The molecule has 1 aliphatic heterocycles. The van der Waals surface area contributed by atoms with Crippen molar-refractivity contribution in [1.29, 1.82) is 0 Å². The topological polar surface area (TPSA) is 56.8 Å². The van der Waals surface area contributed by atoms with Gasteiger partial charge in [0.2, 0.25) is 0 Å². The van der Waals surface area contributed by atoms with Gasteiger partial charge in [-0.25, -0.2) is 0 Å². The molecule has 2 atom stereocenters. The van der Waals surface area contributed by atoms with Gasteiger partial charge in [-0.15, -0.1) is 11.8 Å². The Labute approximate surface area is 189 Å². The summed E-state index contributed by atoms with van der Waals surface area (Å²) in [5, 5.41) is 3.12. The van der Waals surface area contributed by atoms with Crippen LogP contribution in [0, 0.1) is 5.92 Å². The lowest BCUT2D eigenvalue weighted by molar-refractivity contribution is 0.0936. The first-order valence-electron chi connectivity index (χ1n) is 10.9. The van der Waals surface area contributed by atoms with E-state index in [9.17, 15) is 4.79 Å². The molecule has 2 unspecified atom stereocenters. The molecule has 168 valence electrons. The van der Waals surface area contributed by atoms with Gasteiger partial charge in [0.05, 0.1) is 31.4 Å². The van der Waals surface area contributed by atoms with Crippen LogP contribution < -0.4 is 14.8 Å². The van der Waals surface area contributed by atoms with E-state index in [4.69, 9.17) is 14.2 Å². The largest absolute Gasteiger partial charge is 0.493 e. The number of carbonyl (C=O) groups excluding carboxylic acids is 1. The lowest BCUT2D eigenvalue weighted by Gasteiger charge is -2.19. The van der Waals surface area contributed by atoms with Crippen LogP contribution in [0.3, 0.4) is 0 Å². The van der Waals surface area contributed by atoms with Gasteiger partial charge in [-0.3, -0.25) is 4.79 Å². The van der Waals surface area contributed by atoms with Gasteiger partial charge in [-0.2, -0.15) is 0 Å². The number of hydrogen-bond donors (Lipinski definition) is 1. The van der Waals surface area contributed by atoms with Crippen LogP contribution in [0.5, 0.6) is 11.5 Å². The molecule has 1 fully saturated rings. The molecule has 31 heavy (non-hydrogen) atoms. The van der Waals surface area contributed by atoms with E-state index in [2.05, 4.69) is 19.2 Å². The minimum atomic E-state index is -0.170. The van der Waals surface area contributed by atoms with Gasteiger partial charge in [0.1, 0.15) is 0 Å². The second-order valence-electron chi connectivity index (χ2n) is 8.25. The van der Waals surface area contributed by atoms with Crippen LogP contribution in [-0.2, 0) is 4.74 Å². The minimum absolute atomic E-state index is 0.0814. The quantitative estimate of drug-likeness (QED) is 0.492. The van der Waals surface area contributed by atoms with E-state index < -0.39 is 0 Å². The third-order valence-corrected chi connectivity index (χ3v) is 6.39. The fraction of sp³-hybridized carbons (Fsp3) is 0.480. The van der Waals surface area contributed by atoms with Gasteiger partial charge in [0.15, 0.2) is 11.5 Å². The second-order valence-corrected chi connectivity index (χ2v) is 9.31. The van der Waals surface area contributed by atoms with E-state index in [1.807, 2.05) is 49.4 Å². The number of rotatable bonds is 10. The summed E-state index contributed by atoms with van der Waals surface area (Å²) in [6.45, 7) is 7.66. The zero-order valence-electron chi connectivity index (χ0n) is 18.9.